The number of rotatable bonds is 2. The molecule has 96 valence electrons. The number of carbonyl (C=O) groups is 1. The molecule has 0 spiro atoms. The van der Waals surface area contributed by atoms with Crippen LogP contribution < -0.4 is 11.1 Å². The van der Waals surface area contributed by atoms with Crippen LogP contribution in [-0.4, -0.2) is 11.9 Å². The monoisotopic (exact) mass is 245 g/mol. The van der Waals surface area contributed by atoms with E-state index in [1.807, 2.05) is 24.3 Å². The second-order valence-corrected chi connectivity index (χ2v) is 5.11. The maximum absolute atomic E-state index is 11.2. The lowest BCUT2D eigenvalue weighted by molar-refractivity contribution is -0.115. The van der Waals surface area contributed by atoms with E-state index in [1.165, 1.54) is 11.6 Å². The summed E-state index contributed by atoms with van der Waals surface area (Å²) < 4.78 is 0. The Bertz CT molecular complexity index is 467. The molecule has 1 rings (SSSR count). The minimum atomic E-state index is -0.401. The van der Waals surface area contributed by atoms with Crippen molar-refractivity contribution in [3.05, 3.63) is 41.5 Å². The van der Waals surface area contributed by atoms with Crippen LogP contribution in [0, 0.1) is 5.41 Å². The molecule has 0 aliphatic carbocycles. The predicted molar refractivity (Wildman–Crippen MR) is 74.2 cm³/mol. The molecule has 0 aliphatic heterocycles. The van der Waals surface area contributed by atoms with Crippen LogP contribution in [-0.2, 0) is 10.2 Å². The molecular formula is C14H19N3O. The highest BCUT2D eigenvalue weighted by molar-refractivity contribution is 6.02. The highest BCUT2D eigenvalue weighted by Crippen LogP contribution is 2.22. The van der Waals surface area contributed by atoms with Gasteiger partial charge in [0.25, 0.3) is 5.91 Å². The van der Waals surface area contributed by atoms with Crippen molar-refractivity contribution in [3.8, 4) is 0 Å². The molecule has 4 nitrogen and oxygen atoms in total. The lowest BCUT2D eigenvalue weighted by Gasteiger charge is -2.18. The van der Waals surface area contributed by atoms with Crippen LogP contribution in [0.1, 0.15) is 31.9 Å². The van der Waals surface area contributed by atoms with Crippen molar-refractivity contribution < 1.29 is 4.79 Å². The van der Waals surface area contributed by atoms with Crippen LogP contribution >= 0.6 is 0 Å². The van der Waals surface area contributed by atoms with Gasteiger partial charge in [-0.1, -0.05) is 45.0 Å². The van der Waals surface area contributed by atoms with E-state index in [2.05, 4.69) is 26.1 Å². The molecule has 1 amide bonds. The van der Waals surface area contributed by atoms with Gasteiger partial charge in [-0.2, -0.15) is 0 Å². The molecule has 0 aliphatic rings. The van der Waals surface area contributed by atoms with Crippen LogP contribution in [0.4, 0.5) is 0 Å². The standard InChI is InChI=1S/C14H19N3O/c1-14(2,3)11-7-4-10(5-8-11)6-9-12(18)17-13(15)16/h4-9H,1-3H3,(H4,15,16,17,18). The van der Waals surface area contributed by atoms with E-state index < -0.39 is 5.91 Å². The summed E-state index contributed by atoms with van der Waals surface area (Å²) in [6.45, 7) is 6.45. The molecular weight excluding hydrogens is 226 g/mol. The molecule has 4 heteroatoms. The Morgan fingerprint density at radius 3 is 2.28 bits per heavy atom. The second-order valence-electron chi connectivity index (χ2n) is 5.11. The quantitative estimate of drug-likeness (QED) is 0.423. The molecule has 0 radical (unpaired) electrons. The lowest BCUT2D eigenvalue weighted by Crippen LogP contribution is -2.34. The first kappa shape index (κ1) is 14.0. The highest BCUT2D eigenvalue weighted by atomic mass is 16.1. The summed E-state index contributed by atoms with van der Waals surface area (Å²) in [5.41, 5.74) is 7.34. The van der Waals surface area contributed by atoms with E-state index >= 15 is 0 Å². The summed E-state index contributed by atoms with van der Waals surface area (Å²) in [5, 5.41) is 9.10. The number of benzene rings is 1. The summed E-state index contributed by atoms with van der Waals surface area (Å²) in [5.74, 6) is -0.755. The zero-order valence-corrected chi connectivity index (χ0v) is 10.9. The van der Waals surface area contributed by atoms with Crippen molar-refractivity contribution in [2.24, 2.45) is 5.73 Å². The maximum Gasteiger partial charge on any atom is 0.250 e. The molecule has 4 N–H and O–H groups in total. The molecule has 1 aromatic rings. The topological polar surface area (TPSA) is 79.0 Å². The predicted octanol–water partition coefficient (Wildman–Crippen LogP) is 2.01. The molecule has 0 saturated heterocycles. The maximum atomic E-state index is 11.2. The number of hydrogen-bond donors (Lipinski definition) is 3. The van der Waals surface area contributed by atoms with Gasteiger partial charge in [0, 0.05) is 6.08 Å². The Morgan fingerprint density at radius 1 is 1.28 bits per heavy atom. The summed E-state index contributed by atoms with van der Waals surface area (Å²) in [6, 6.07) is 8.00. The summed E-state index contributed by atoms with van der Waals surface area (Å²) >= 11 is 0. The largest absolute Gasteiger partial charge is 0.370 e. The summed E-state index contributed by atoms with van der Waals surface area (Å²) in [4.78, 5) is 11.2. The molecule has 18 heavy (non-hydrogen) atoms. The van der Waals surface area contributed by atoms with Gasteiger partial charge in [0.05, 0.1) is 0 Å². The summed E-state index contributed by atoms with van der Waals surface area (Å²) in [6.07, 6.45) is 3.04. The third kappa shape index (κ3) is 4.41. The van der Waals surface area contributed by atoms with Gasteiger partial charge in [-0.25, -0.2) is 0 Å². The fourth-order valence-electron chi connectivity index (χ4n) is 1.44. The Labute approximate surface area is 107 Å². The first-order chi connectivity index (χ1) is 8.29. The van der Waals surface area contributed by atoms with Crippen LogP contribution in [0.2, 0.25) is 0 Å². The molecule has 0 bridgehead atoms. The Morgan fingerprint density at radius 2 is 1.83 bits per heavy atom. The minimum Gasteiger partial charge on any atom is -0.370 e. The number of nitrogens with two attached hydrogens (primary N) is 1. The van der Waals surface area contributed by atoms with Crippen LogP contribution in [0.25, 0.3) is 6.08 Å². The van der Waals surface area contributed by atoms with E-state index in [9.17, 15) is 4.79 Å². The SMILES string of the molecule is CC(C)(C)c1ccc(C=CC(=O)NC(=N)N)cc1. The zero-order chi connectivity index (χ0) is 13.8. The normalized spacial score (nSPS) is 11.5. The fraction of sp³-hybridized carbons (Fsp3) is 0.286. The van der Waals surface area contributed by atoms with Crippen molar-refractivity contribution in [1.29, 1.82) is 5.41 Å². The van der Waals surface area contributed by atoms with Gasteiger partial charge in [-0.3, -0.25) is 15.5 Å². The van der Waals surface area contributed by atoms with E-state index in [4.69, 9.17) is 11.1 Å². The van der Waals surface area contributed by atoms with Gasteiger partial charge in [0.15, 0.2) is 5.96 Å². The highest BCUT2D eigenvalue weighted by Gasteiger charge is 2.12. The third-order valence-electron chi connectivity index (χ3n) is 2.46. The van der Waals surface area contributed by atoms with Crippen LogP contribution in [0.5, 0.6) is 0 Å². The Kier molecular flexibility index (Phi) is 4.26. The fourth-order valence-corrected chi connectivity index (χ4v) is 1.44. The van der Waals surface area contributed by atoms with Crippen molar-refractivity contribution in [2.45, 2.75) is 26.2 Å². The smallest absolute Gasteiger partial charge is 0.250 e. The van der Waals surface area contributed by atoms with E-state index in [0.29, 0.717) is 0 Å². The van der Waals surface area contributed by atoms with Crippen molar-refractivity contribution in [1.82, 2.24) is 5.32 Å². The van der Waals surface area contributed by atoms with Gasteiger partial charge in [0.2, 0.25) is 0 Å². The molecule has 0 atom stereocenters. The average molecular weight is 245 g/mol. The molecule has 0 fully saturated rings. The molecule has 1 aromatic carbocycles. The molecule has 0 saturated carbocycles. The van der Waals surface area contributed by atoms with Gasteiger partial charge in [-0.05, 0) is 22.6 Å². The minimum absolute atomic E-state index is 0.119. The van der Waals surface area contributed by atoms with E-state index in [1.54, 1.807) is 6.08 Å². The molecule has 0 heterocycles. The second kappa shape index (κ2) is 5.49. The number of hydrogen-bond acceptors (Lipinski definition) is 2. The van der Waals surface area contributed by atoms with E-state index in [0.717, 1.165) is 5.56 Å². The first-order valence-corrected chi connectivity index (χ1v) is 5.72. The number of guanidine groups is 1. The average Bonchev–Trinajstić information content (AvgIpc) is 2.25. The van der Waals surface area contributed by atoms with Gasteiger partial charge in [0.1, 0.15) is 0 Å². The Hall–Kier alpha value is -2.10. The zero-order valence-electron chi connectivity index (χ0n) is 10.9. The van der Waals surface area contributed by atoms with Crippen LogP contribution in [0.15, 0.2) is 30.3 Å². The first-order valence-electron chi connectivity index (χ1n) is 5.72. The molecule has 0 unspecified atom stereocenters. The van der Waals surface area contributed by atoms with Gasteiger partial charge in [-0.15, -0.1) is 0 Å². The lowest BCUT2D eigenvalue weighted by atomic mass is 9.87. The summed E-state index contributed by atoms with van der Waals surface area (Å²) in [7, 11) is 0. The number of carbonyl (C=O) groups excluding carboxylic acids is 1. The Balaban J connectivity index is 2.72. The van der Waals surface area contributed by atoms with Gasteiger partial charge < -0.3 is 5.73 Å². The third-order valence-corrected chi connectivity index (χ3v) is 2.46. The number of amides is 1. The number of nitrogens with one attached hydrogen (secondary N) is 2. The van der Waals surface area contributed by atoms with Crippen molar-refractivity contribution >= 4 is 17.9 Å². The van der Waals surface area contributed by atoms with Crippen molar-refractivity contribution in [3.63, 3.8) is 0 Å². The van der Waals surface area contributed by atoms with Gasteiger partial charge >= 0.3 is 0 Å². The molecule has 0 aromatic heterocycles. The van der Waals surface area contributed by atoms with Crippen molar-refractivity contribution in [2.75, 3.05) is 0 Å². The van der Waals surface area contributed by atoms with Crippen LogP contribution in [0.3, 0.4) is 0 Å². The van der Waals surface area contributed by atoms with E-state index in [-0.39, 0.29) is 11.4 Å².